The summed E-state index contributed by atoms with van der Waals surface area (Å²) >= 11 is 0. The van der Waals surface area contributed by atoms with Gasteiger partial charge in [0.15, 0.2) is 22.8 Å². The molecule has 0 unspecified atom stereocenters. The number of aromatic nitrogens is 3. The lowest BCUT2D eigenvalue weighted by Gasteiger charge is -2.10. The van der Waals surface area contributed by atoms with Gasteiger partial charge in [-0.3, -0.25) is 4.79 Å². The molecule has 3 rings (SSSR count). The van der Waals surface area contributed by atoms with Crippen LogP contribution in [-0.4, -0.2) is 45.8 Å². The minimum atomic E-state index is -1.32. The number of carbonyl (C=O) groups excluding carboxylic acids is 1. The zero-order chi connectivity index (χ0) is 19.6. The van der Waals surface area contributed by atoms with Crippen LogP contribution >= 0.6 is 0 Å². The maximum absolute atomic E-state index is 12.2. The number of benzene rings is 1. The Labute approximate surface area is 153 Å². The highest BCUT2D eigenvalue weighted by Crippen LogP contribution is 2.32. The average Bonchev–Trinajstić information content (AvgIpc) is 3.11. The molecule has 1 aromatic carbocycles. The molecule has 27 heavy (non-hydrogen) atoms. The Morgan fingerprint density at radius 2 is 1.89 bits per heavy atom. The number of aliphatic carboxylic acids is 1. The van der Waals surface area contributed by atoms with Crippen molar-refractivity contribution >= 4 is 17.5 Å². The summed E-state index contributed by atoms with van der Waals surface area (Å²) in [6.45, 7) is 3.27. The van der Waals surface area contributed by atoms with Gasteiger partial charge in [-0.25, -0.2) is 14.3 Å². The lowest BCUT2D eigenvalue weighted by atomic mass is 10.1. The van der Waals surface area contributed by atoms with Gasteiger partial charge in [0.2, 0.25) is 0 Å². The molecule has 0 atom stereocenters. The fourth-order valence-electron chi connectivity index (χ4n) is 2.47. The predicted molar refractivity (Wildman–Crippen MR) is 95.8 cm³/mol. The smallest absolute Gasteiger partial charge is 0.351 e. The zero-order valence-electron chi connectivity index (χ0n) is 14.6. The second-order valence-electron chi connectivity index (χ2n) is 5.44. The third-order valence-corrected chi connectivity index (χ3v) is 3.79. The Morgan fingerprint density at radius 3 is 2.56 bits per heavy atom. The van der Waals surface area contributed by atoms with Crippen molar-refractivity contribution in [1.82, 2.24) is 19.9 Å². The molecule has 0 spiro atoms. The van der Waals surface area contributed by atoms with Gasteiger partial charge in [-0.05, 0) is 24.3 Å². The first-order chi connectivity index (χ1) is 12.9. The summed E-state index contributed by atoms with van der Waals surface area (Å²) in [6.07, 6.45) is 1.58. The predicted octanol–water partition coefficient (Wildman–Crippen LogP) is 1.74. The largest absolute Gasteiger partial charge is 0.493 e. The number of carboxylic acids is 1. The summed E-state index contributed by atoms with van der Waals surface area (Å²) in [4.78, 5) is 27.2. The van der Waals surface area contributed by atoms with Gasteiger partial charge in [-0.15, -0.1) is 0 Å². The first kappa shape index (κ1) is 17.9. The molecular formula is C18H16N4O5. The van der Waals surface area contributed by atoms with E-state index < -0.39 is 17.6 Å². The van der Waals surface area contributed by atoms with E-state index in [1.54, 1.807) is 31.5 Å². The molecular weight excluding hydrogens is 352 g/mol. The SMILES string of the molecule is C=C(NC(=O)c1cc2nccc(-c3ccc(OC)c(OC)c3)n2n1)C(=O)O. The quantitative estimate of drug-likeness (QED) is 0.637. The minimum absolute atomic E-state index is 0.0119. The molecule has 0 aliphatic rings. The molecule has 2 aromatic heterocycles. The van der Waals surface area contributed by atoms with E-state index in [0.29, 0.717) is 22.8 Å². The van der Waals surface area contributed by atoms with Crippen LogP contribution in [0.3, 0.4) is 0 Å². The number of carboxylic acid groups (broad SMARTS) is 1. The summed E-state index contributed by atoms with van der Waals surface area (Å²) in [5.41, 5.74) is 1.43. The van der Waals surface area contributed by atoms with Crippen LogP contribution in [0.5, 0.6) is 11.5 Å². The van der Waals surface area contributed by atoms with Crippen LogP contribution in [0.1, 0.15) is 10.5 Å². The van der Waals surface area contributed by atoms with Crippen molar-refractivity contribution in [3.05, 3.63) is 54.5 Å². The molecule has 0 bridgehead atoms. The highest BCUT2D eigenvalue weighted by Gasteiger charge is 2.17. The number of fused-ring (bicyclic) bond motifs is 1. The normalized spacial score (nSPS) is 10.4. The molecule has 138 valence electrons. The molecule has 0 saturated heterocycles. The van der Waals surface area contributed by atoms with Gasteiger partial charge in [0.1, 0.15) is 5.70 Å². The Kier molecular flexibility index (Phi) is 4.75. The molecule has 9 heteroatoms. The minimum Gasteiger partial charge on any atom is -0.493 e. The monoisotopic (exact) mass is 368 g/mol. The Morgan fingerprint density at radius 1 is 1.15 bits per heavy atom. The fraction of sp³-hybridized carbons (Fsp3) is 0.111. The van der Waals surface area contributed by atoms with E-state index in [2.05, 4.69) is 22.0 Å². The maximum Gasteiger partial charge on any atom is 0.351 e. The molecule has 1 amide bonds. The van der Waals surface area contributed by atoms with Crippen molar-refractivity contribution in [2.24, 2.45) is 0 Å². The number of carbonyl (C=O) groups is 2. The van der Waals surface area contributed by atoms with Gasteiger partial charge in [-0.1, -0.05) is 6.58 Å². The summed E-state index contributed by atoms with van der Waals surface area (Å²) in [5, 5.41) is 15.2. The lowest BCUT2D eigenvalue weighted by molar-refractivity contribution is -0.132. The molecule has 3 aromatic rings. The standard InChI is InChI=1S/C18H16N4O5/c1-10(18(24)25)20-17(23)12-9-16-19-7-6-13(22(16)21-12)11-4-5-14(26-2)15(8-11)27-3/h4-9H,1H2,2-3H3,(H,20,23)(H,24,25). The van der Waals surface area contributed by atoms with Crippen LogP contribution in [0.15, 0.2) is 48.8 Å². The summed E-state index contributed by atoms with van der Waals surface area (Å²) in [6, 6.07) is 8.55. The van der Waals surface area contributed by atoms with Gasteiger partial charge in [0, 0.05) is 17.8 Å². The number of rotatable bonds is 6. The molecule has 0 saturated carbocycles. The summed E-state index contributed by atoms with van der Waals surface area (Å²) in [7, 11) is 3.08. The summed E-state index contributed by atoms with van der Waals surface area (Å²) < 4.78 is 12.0. The average molecular weight is 368 g/mol. The Bertz CT molecular complexity index is 1060. The van der Waals surface area contributed by atoms with Crippen molar-refractivity contribution in [2.45, 2.75) is 0 Å². The molecule has 0 fully saturated rings. The lowest BCUT2D eigenvalue weighted by Crippen LogP contribution is -2.26. The first-order valence-corrected chi connectivity index (χ1v) is 7.75. The Hall–Kier alpha value is -3.88. The number of methoxy groups -OCH3 is 2. The van der Waals surface area contributed by atoms with Crippen LogP contribution in [0.25, 0.3) is 16.9 Å². The van der Waals surface area contributed by atoms with Crippen LogP contribution < -0.4 is 14.8 Å². The molecule has 0 aliphatic heterocycles. The second kappa shape index (κ2) is 7.16. The topological polar surface area (TPSA) is 115 Å². The fourth-order valence-corrected chi connectivity index (χ4v) is 2.47. The van der Waals surface area contributed by atoms with Crippen molar-refractivity contribution in [3.8, 4) is 22.8 Å². The first-order valence-electron chi connectivity index (χ1n) is 7.75. The number of nitrogens with zero attached hydrogens (tertiary/aromatic N) is 3. The Balaban J connectivity index is 2.03. The highest BCUT2D eigenvalue weighted by molar-refractivity contribution is 5.99. The highest BCUT2D eigenvalue weighted by atomic mass is 16.5. The number of ether oxygens (including phenoxy) is 2. The van der Waals surface area contributed by atoms with E-state index in [4.69, 9.17) is 14.6 Å². The van der Waals surface area contributed by atoms with Gasteiger partial charge in [0.25, 0.3) is 5.91 Å². The van der Waals surface area contributed by atoms with Crippen molar-refractivity contribution in [2.75, 3.05) is 14.2 Å². The van der Waals surface area contributed by atoms with Crippen LogP contribution in [0.2, 0.25) is 0 Å². The van der Waals surface area contributed by atoms with E-state index in [0.717, 1.165) is 5.56 Å². The van der Waals surface area contributed by atoms with E-state index in [9.17, 15) is 9.59 Å². The molecule has 9 nitrogen and oxygen atoms in total. The molecule has 0 aliphatic carbocycles. The summed E-state index contributed by atoms with van der Waals surface area (Å²) in [5.74, 6) is -0.885. The number of hydrogen-bond donors (Lipinski definition) is 2. The maximum atomic E-state index is 12.2. The third kappa shape index (κ3) is 3.43. The molecule has 2 heterocycles. The van der Waals surface area contributed by atoms with Crippen molar-refractivity contribution in [1.29, 1.82) is 0 Å². The zero-order valence-corrected chi connectivity index (χ0v) is 14.6. The second-order valence-corrected chi connectivity index (χ2v) is 5.44. The van der Waals surface area contributed by atoms with Gasteiger partial charge >= 0.3 is 5.97 Å². The number of hydrogen-bond acceptors (Lipinski definition) is 6. The van der Waals surface area contributed by atoms with E-state index >= 15 is 0 Å². The molecule has 2 N–H and O–H groups in total. The van der Waals surface area contributed by atoms with Gasteiger partial charge in [-0.2, -0.15) is 5.10 Å². The van der Waals surface area contributed by atoms with Crippen LogP contribution in [-0.2, 0) is 4.79 Å². The molecule has 0 radical (unpaired) electrons. The van der Waals surface area contributed by atoms with E-state index in [-0.39, 0.29) is 5.69 Å². The van der Waals surface area contributed by atoms with Crippen molar-refractivity contribution < 1.29 is 24.2 Å². The van der Waals surface area contributed by atoms with E-state index in [1.165, 1.54) is 17.7 Å². The number of nitrogens with one attached hydrogen (secondary N) is 1. The van der Waals surface area contributed by atoms with Gasteiger partial charge < -0.3 is 19.9 Å². The van der Waals surface area contributed by atoms with Crippen molar-refractivity contribution in [3.63, 3.8) is 0 Å². The number of amides is 1. The van der Waals surface area contributed by atoms with Crippen LogP contribution in [0.4, 0.5) is 0 Å². The van der Waals surface area contributed by atoms with Gasteiger partial charge in [0.05, 0.1) is 19.9 Å². The van der Waals surface area contributed by atoms with E-state index in [1.807, 2.05) is 6.07 Å². The third-order valence-electron chi connectivity index (χ3n) is 3.79. The van der Waals surface area contributed by atoms with Crippen LogP contribution in [0, 0.1) is 0 Å².